The maximum Gasteiger partial charge on any atom is 0.236 e. The van der Waals surface area contributed by atoms with Crippen LogP contribution in [0.25, 0.3) is 11.3 Å². The second-order valence-corrected chi connectivity index (χ2v) is 4.67. The van der Waals surface area contributed by atoms with Crippen LogP contribution in [0.2, 0.25) is 0 Å². The van der Waals surface area contributed by atoms with Crippen LogP contribution < -0.4 is 4.74 Å². The zero-order valence-corrected chi connectivity index (χ0v) is 11.8. The number of ether oxygens (including phenoxy) is 1. The number of nitriles is 1. The Bertz CT molecular complexity index is 796. The summed E-state index contributed by atoms with van der Waals surface area (Å²) in [6.45, 7) is 0.400. The van der Waals surface area contributed by atoms with Crippen molar-refractivity contribution in [2.45, 2.75) is 6.61 Å². The molecule has 0 fully saturated rings. The van der Waals surface area contributed by atoms with Crippen LogP contribution in [0.3, 0.4) is 0 Å². The van der Waals surface area contributed by atoms with Gasteiger partial charge >= 0.3 is 0 Å². The lowest BCUT2D eigenvalue weighted by molar-refractivity contribution is 0.293. The Morgan fingerprint density at radius 2 is 1.59 bits per heavy atom. The summed E-state index contributed by atoms with van der Waals surface area (Å²) in [5.74, 6) is 0.499. The van der Waals surface area contributed by atoms with Crippen LogP contribution in [-0.4, -0.2) is 9.97 Å². The first-order valence-corrected chi connectivity index (χ1v) is 6.86. The molecule has 3 aromatic rings. The highest BCUT2D eigenvalue weighted by molar-refractivity contribution is 5.60. The lowest BCUT2D eigenvalue weighted by Gasteiger charge is -2.07. The second kappa shape index (κ2) is 6.51. The Hall–Kier alpha value is -3.19. The van der Waals surface area contributed by atoms with Gasteiger partial charge in [0.2, 0.25) is 11.7 Å². The molecule has 4 heteroatoms. The fourth-order valence-electron chi connectivity index (χ4n) is 2.04. The van der Waals surface area contributed by atoms with E-state index < -0.39 is 0 Å². The third-order valence-electron chi connectivity index (χ3n) is 3.10. The van der Waals surface area contributed by atoms with Gasteiger partial charge in [0.15, 0.2) is 0 Å². The largest absolute Gasteiger partial charge is 0.473 e. The van der Waals surface area contributed by atoms with Crippen molar-refractivity contribution in [2.24, 2.45) is 0 Å². The molecule has 0 spiro atoms. The highest BCUT2D eigenvalue weighted by atomic mass is 16.5. The number of aromatic nitrogens is 2. The van der Waals surface area contributed by atoms with Crippen molar-refractivity contribution in [1.82, 2.24) is 9.97 Å². The molecular formula is C18H13N3O. The smallest absolute Gasteiger partial charge is 0.236 e. The van der Waals surface area contributed by atoms with Gasteiger partial charge < -0.3 is 4.74 Å². The molecule has 0 N–H and O–H groups in total. The molecule has 0 saturated heterocycles. The van der Waals surface area contributed by atoms with E-state index in [1.165, 1.54) is 0 Å². The number of nitrogens with zero attached hydrogens (tertiary/aromatic N) is 3. The minimum Gasteiger partial charge on any atom is -0.473 e. The van der Waals surface area contributed by atoms with Gasteiger partial charge in [-0.05, 0) is 5.56 Å². The van der Waals surface area contributed by atoms with E-state index in [0.717, 1.165) is 11.1 Å². The minimum atomic E-state index is 0.101. The van der Waals surface area contributed by atoms with Crippen LogP contribution in [-0.2, 0) is 6.61 Å². The van der Waals surface area contributed by atoms with Gasteiger partial charge in [0.1, 0.15) is 12.7 Å². The topological polar surface area (TPSA) is 58.8 Å². The van der Waals surface area contributed by atoms with Gasteiger partial charge in [-0.3, -0.25) is 0 Å². The van der Waals surface area contributed by atoms with Crippen molar-refractivity contribution in [1.29, 1.82) is 5.26 Å². The molecule has 0 aliphatic carbocycles. The summed E-state index contributed by atoms with van der Waals surface area (Å²) >= 11 is 0. The predicted octanol–water partition coefficient (Wildman–Crippen LogP) is 3.59. The van der Waals surface area contributed by atoms with Gasteiger partial charge in [0.05, 0.1) is 5.69 Å². The summed E-state index contributed by atoms with van der Waals surface area (Å²) < 4.78 is 5.69. The molecule has 0 amide bonds. The van der Waals surface area contributed by atoms with Crippen molar-refractivity contribution in [3.8, 4) is 23.2 Å². The van der Waals surface area contributed by atoms with E-state index in [0.29, 0.717) is 18.2 Å². The van der Waals surface area contributed by atoms with Crippen molar-refractivity contribution in [3.05, 3.63) is 78.1 Å². The van der Waals surface area contributed by atoms with Gasteiger partial charge in [0.25, 0.3) is 0 Å². The van der Waals surface area contributed by atoms with E-state index in [1.807, 2.05) is 66.7 Å². The summed E-state index contributed by atoms with van der Waals surface area (Å²) in [5, 5.41) is 9.09. The van der Waals surface area contributed by atoms with Gasteiger partial charge in [-0.25, -0.2) is 4.98 Å². The average Bonchev–Trinajstić information content (AvgIpc) is 2.61. The standard InChI is InChI=1S/C18H13N3O/c19-12-17-20-16(15-9-5-2-6-10-15)11-18(21-17)22-13-14-7-3-1-4-8-14/h1-11H,13H2. The van der Waals surface area contributed by atoms with Crippen LogP contribution >= 0.6 is 0 Å². The Morgan fingerprint density at radius 1 is 0.909 bits per heavy atom. The number of benzene rings is 2. The Labute approximate surface area is 128 Å². The van der Waals surface area contributed by atoms with Crippen molar-refractivity contribution >= 4 is 0 Å². The Morgan fingerprint density at radius 3 is 2.27 bits per heavy atom. The molecule has 2 aromatic carbocycles. The van der Waals surface area contributed by atoms with Crippen molar-refractivity contribution < 1.29 is 4.74 Å². The van der Waals surface area contributed by atoms with Gasteiger partial charge in [0, 0.05) is 11.6 Å². The molecule has 0 atom stereocenters. The first-order valence-electron chi connectivity index (χ1n) is 6.86. The molecule has 0 radical (unpaired) electrons. The quantitative estimate of drug-likeness (QED) is 0.735. The first kappa shape index (κ1) is 13.8. The highest BCUT2D eigenvalue weighted by Crippen LogP contribution is 2.21. The summed E-state index contributed by atoms with van der Waals surface area (Å²) in [6, 6.07) is 23.2. The summed E-state index contributed by atoms with van der Waals surface area (Å²) in [6.07, 6.45) is 0. The summed E-state index contributed by atoms with van der Waals surface area (Å²) in [4.78, 5) is 8.32. The predicted molar refractivity (Wildman–Crippen MR) is 83.0 cm³/mol. The summed E-state index contributed by atoms with van der Waals surface area (Å²) in [5.41, 5.74) is 2.64. The maximum absolute atomic E-state index is 9.09. The molecular weight excluding hydrogens is 274 g/mol. The lowest BCUT2D eigenvalue weighted by atomic mass is 10.1. The fraction of sp³-hybridized carbons (Fsp3) is 0.0556. The Balaban J connectivity index is 1.87. The number of hydrogen-bond donors (Lipinski definition) is 0. The van der Waals surface area contributed by atoms with Crippen molar-refractivity contribution in [2.75, 3.05) is 0 Å². The number of hydrogen-bond acceptors (Lipinski definition) is 4. The van der Waals surface area contributed by atoms with E-state index in [4.69, 9.17) is 10.00 Å². The van der Waals surface area contributed by atoms with Gasteiger partial charge in [-0.2, -0.15) is 10.2 Å². The fourth-order valence-corrected chi connectivity index (χ4v) is 2.04. The van der Waals surface area contributed by atoms with Crippen LogP contribution in [0.15, 0.2) is 66.7 Å². The summed E-state index contributed by atoms with van der Waals surface area (Å²) in [7, 11) is 0. The minimum absolute atomic E-state index is 0.101. The molecule has 1 heterocycles. The van der Waals surface area contributed by atoms with Crippen molar-refractivity contribution in [3.63, 3.8) is 0 Å². The highest BCUT2D eigenvalue weighted by Gasteiger charge is 2.07. The third-order valence-corrected chi connectivity index (χ3v) is 3.10. The van der Waals surface area contributed by atoms with Gasteiger partial charge in [-0.1, -0.05) is 60.7 Å². The molecule has 0 unspecified atom stereocenters. The van der Waals surface area contributed by atoms with Gasteiger partial charge in [-0.15, -0.1) is 0 Å². The monoisotopic (exact) mass is 287 g/mol. The molecule has 0 aliphatic rings. The lowest BCUT2D eigenvalue weighted by Crippen LogP contribution is -2.00. The molecule has 106 valence electrons. The van der Waals surface area contributed by atoms with E-state index in [9.17, 15) is 0 Å². The SMILES string of the molecule is N#Cc1nc(OCc2ccccc2)cc(-c2ccccc2)n1. The zero-order valence-electron chi connectivity index (χ0n) is 11.8. The average molecular weight is 287 g/mol. The first-order chi connectivity index (χ1) is 10.8. The maximum atomic E-state index is 9.09. The zero-order chi connectivity index (χ0) is 15.2. The second-order valence-electron chi connectivity index (χ2n) is 4.67. The molecule has 0 saturated carbocycles. The van der Waals surface area contributed by atoms with E-state index in [1.54, 1.807) is 6.07 Å². The third kappa shape index (κ3) is 3.28. The molecule has 3 rings (SSSR count). The van der Waals surface area contributed by atoms with E-state index in [2.05, 4.69) is 9.97 Å². The molecule has 0 aliphatic heterocycles. The molecule has 22 heavy (non-hydrogen) atoms. The molecule has 1 aromatic heterocycles. The van der Waals surface area contributed by atoms with Crippen LogP contribution in [0.5, 0.6) is 5.88 Å². The number of rotatable bonds is 4. The molecule has 0 bridgehead atoms. The van der Waals surface area contributed by atoms with Crippen LogP contribution in [0.1, 0.15) is 11.4 Å². The van der Waals surface area contributed by atoms with E-state index >= 15 is 0 Å². The molecule has 4 nitrogen and oxygen atoms in total. The van der Waals surface area contributed by atoms with Crippen LogP contribution in [0, 0.1) is 11.3 Å². The van der Waals surface area contributed by atoms with E-state index in [-0.39, 0.29) is 5.82 Å². The van der Waals surface area contributed by atoms with Crippen LogP contribution in [0.4, 0.5) is 0 Å². The normalized spacial score (nSPS) is 9.95. The Kier molecular flexibility index (Phi) is 4.08.